The molecule has 0 fully saturated rings. The van der Waals surface area contributed by atoms with Gasteiger partial charge < -0.3 is 10.2 Å². The number of hydrogen-bond acceptors (Lipinski definition) is 3. The van der Waals surface area contributed by atoms with Gasteiger partial charge in [-0.25, -0.2) is 4.98 Å². The summed E-state index contributed by atoms with van der Waals surface area (Å²) in [6, 6.07) is 4.22. The van der Waals surface area contributed by atoms with E-state index in [4.69, 9.17) is 0 Å². The summed E-state index contributed by atoms with van der Waals surface area (Å²) in [7, 11) is 0. The van der Waals surface area contributed by atoms with Gasteiger partial charge in [0.05, 0.1) is 0 Å². The maximum atomic E-state index is 4.51. The fourth-order valence-electron chi connectivity index (χ4n) is 1.70. The van der Waals surface area contributed by atoms with Crippen LogP contribution in [0.1, 0.15) is 25.8 Å². The molecule has 0 spiro atoms. The average Bonchev–Trinajstić information content (AvgIpc) is 2.37. The minimum absolute atomic E-state index is 0.855. The van der Waals surface area contributed by atoms with Crippen molar-refractivity contribution in [1.29, 1.82) is 0 Å². The Morgan fingerprint density at radius 3 is 2.76 bits per heavy atom. The number of rotatable bonds is 8. The minimum Gasteiger partial charge on any atom is -0.353 e. The molecule has 0 aromatic carbocycles. The van der Waals surface area contributed by atoms with E-state index in [1.165, 1.54) is 5.56 Å². The lowest BCUT2D eigenvalue weighted by atomic mass is 10.2. The fourth-order valence-corrected chi connectivity index (χ4v) is 1.70. The SMILES string of the molecule is C=CCN(CCC)c1ccc(CNCC)cn1. The van der Waals surface area contributed by atoms with Crippen LogP contribution in [0.4, 0.5) is 5.82 Å². The van der Waals surface area contributed by atoms with Crippen LogP contribution in [-0.4, -0.2) is 24.6 Å². The molecule has 1 aromatic rings. The summed E-state index contributed by atoms with van der Waals surface area (Å²) in [6.45, 7) is 11.8. The van der Waals surface area contributed by atoms with E-state index in [0.29, 0.717) is 0 Å². The molecule has 0 aliphatic heterocycles. The smallest absolute Gasteiger partial charge is 0.128 e. The minimum atomic E-state index is 0.855. The molecule has 1 rings (SSSR count). The molecule has 0 atom stereocenters. The first kappa shape index (κ1) is 13.7. The lowest BCUT2D eigenvalue weighted by Gasteiger charge is -2.21. The Kier molecular flexibility index (Phi) is 6.33. The Labute approximate surface area is 105 Å². The average molecular weight is 233 g/mol. The van der Waals surface area contributed by atoms with Gasteiger partial charge in [-0.15, -0.1) is 6.58 Å². The number of pyridine rings is 1. The van der Waals surface area contributed by atoms with Crippen molar-refractivity contribution in [3.05, 3.63) is 36.5 Å². The van der Waals surface area contributed by atoms with Crippen molar-refractivity contribution < 1.29 is 0 Å². The third-order valence-corrected chi connectivity index (χ3v) is 2.56. The number of aromatic nitrogens is 1. The molecule has 0 aliphatic rings. The van der Waals surface area contributed by atoms with Gasteiger partial charge in [-0.1, -0.05) is 26.0 Å². The molecule has 0 saturated carbocycles. The van der Waals surface area contributed by atoms with E-state index < -0.39 is 0 Å². The molecule has 3 nitrogen and oxygen atoms in total. The van der Waals surface area contributed by atoms with E-state index in [9.17, 15) is 0 Å². The van der Waals surface area contributed by atoms with Gasteiger partial charge in [0.25, 0.3) is 0 Å². The molecule has 3 heteroatoms. The molecular formula is C14H23N3. The predicted molar refractivity (Wildman–Crippen MR) is 74.3 cm³/mol. The second kappa shape index (κ2) is 7.85. The second-order valence-electron chi connectivity index (χ2n) is 4.04. The first-order valence-corrected chi connectivity index (χ1v) is 6.33. The summed E-state index contributed by atoms with van der Waals surface area (Å²) < 4.78 is 0. The normalized spacial score (nSPS) is 10.2. The highest BCUT2D eigenvalue weighted by molar-refractivity contribution is 5.40. The highest BCUT2D eigenvalue weighted by Gasteiger charge is 2.04. The van der Waals surface area contributed by atoms with Crippen LogP contribution in [0.2, 0.25) is 0 Å². The fraction of sp³-hybridized carbons (Fsp3) is 0.500. The van der Waals surface area contributed by atoms with Gasteiger partial charge in [-0.05, 0) is 24.6 Å². The van der Waals surface area contributed by atoms with Crippen LogP contribution < -0.4 is 10.2 Å². The Balaban J connectivity index is 2.66. The molecule has 0 aliphatic carbocycles. The first-order valence-electron chi connectivity index (χ1n) is 6.33. The third kappa shape index (κ3) is 4.57. The summed E-state index contributed by atoms with van der Waals surface area (Å²) >= 11 is 0. The summed E-state index contributed by atoms with van der Waals surface area (Å²) in [4.78, 5) is 6.75. The van der Waals surface area contributed by atoms with Crippen LogP contribution in [0, 0.1) is 0 Å². The van der Waals surface area contributed by atoms with E-state index >= 15 is 0 Å². The molecule has 1 N–H and O–H groups in total. The molecule has 1 heterocycles. The molecule has 0 saturated heterocycles. The van der Waals surface area contributed by atoms with Crippen LogP contribution in [0.3, 0.4) is 0 Å². The van der Waals surface area contributed by atoms with Crippen LogP contribution in [0.15, 0.2) is 31.0 Å². The van der Waals surface area contributed by atoms with E-state index in [1.54, 1.807) is 0 Å². The molecule has 1 aromatic heterocycles. The van der Waals surface area contributed by atoms with Crippen LogP contribution in [0.25, 0.3) is 0 Å². The number of hydrogen-bond donors (Lipinski definition) is 1. The predicted octanol–water partition coefficient (Wildman–Crippen LogP) is 2.59. The first-order chi connectivity index (χ1) is 8.31. The van der Waals surface area contributed by atoms with E-state index in [0.717, 1.165) is 38.4 Å². The lowest BCUT2D eigenvalue weighted by molar-refractivity contribution is 0.723. The standard InChI is InChI=1S/C14H23N3/c1-4-9-17(10-5-2)14-8-7-13(12-16-14)11-15-6-3/h4,7-8,12,15H,1,5-6,9-11H2,2-3H3. The lowest BCUT2D eigenvalue weighted by Crippen LogP contribution is -2.25. The molecule has 0 unspecified atom stereocenters. The van der Waals surface area contributed by atoms with Crippen molar-refractivity contribution >= 4 is 5.82 Å². The van der Waals surface area contributed by atoms with Crippen LogP contribution in [-0.2, 0) is 6.54 Å². The van der Waals surface area contributed by atoms with E-state index in [-0.39, 0.29) is 0 Å². The van der Waals surface area contributed by atoms with Crippen molar-refractivity contribution in [1.82, 2.24) is 10.3 Å². The maximum Gasteiger partial charge on any atom is 0.128 e. The topological polar surface area (TPSA) is 28.2 Å². The summed E-state index contributed by atoms with van der Waals surface area (Å²) in [5.74, 6) is 1.03. The summed E-state index contributed by atoms with van der Waals surface area (Å²) in [5, 5.41) is 3.29. The number of nitrogens with one attached hydrogen (secondary N) is 1. The molecule has 0 radical (unpaired) electrons. The van der Waals surface area contributed by atoms with Crippen molar-refractivity contribution in [2.45, 2.75) is 26.8 Å². The molecular weight excluding hydrogens is 210 g/mol. The van der Waals surface area contributed by atoms with Gasteiger partial charge in [-0.3, -0.25) is 0 Å². The molecule has 0 bridgehead atoms. The Hall–Kier alpha value is -1.35. The molecule has 17 heavy (non-hydrogen) atoms. The van der Waals surface area contributed by atoms with Gasteiger partial charge in [-0.2, -0.15) is 0 Å². The Morgan fingerprint density at radius 2 is 2.24 bits per heavy atom. The second-order valence-corrected chi connectivity index (χ2v) is 4.04. The summed E-state index contributed by atoms with van der Waals surface area (Å²) in [5.41, 5.74) is 1.23. The zero-order valence-corrected chi connectivity index (χ0v) is 10.9. The zero-order valence-electron chi connectivity index (χ0n) is 10.9. The van der Waals surface area contributed by atoms with Crippen LogP contribution in [0.5, 0.6) is 0 Å². The van der Waals surface area contributed by atoms with E-state index in [2.05, 4.69) is 47.8 Å². The Bertz CT molecular complexity index is 319. The summed E-state index contributed by atoms with van der Waals surface area (Å²) in [6.07, 6.45) is 4.99. The van der Waals surface area contributed by atoms with Crippen molar-refractivity contribution in [3.8, 4) is 0 Å². The number of nitrogens with zero attached hydrogens (tertiary/aromatic N) is 2. The maximum absolute atomic E-state index is 4.51. The third-order valence-electron chi connectivity index (χ3n) is 2.56. The van der Waals surface area contributed by atoms with Gasteiger partial charge in [0.2, 0.25) is 0 Å². The largest absolute Gasteiger partial charge is 0.353 e. The van der Waals surface area contributed by atoms with Crippen molar-refractivity contribution in [2.75, 3.05) is 24.5 Å². The molecule has 0 amide bonds. The van der Waals surface area contributed by atoms with Gasteiger partial charge in [0, 0.05) is 25.8 Å². The van der Waals surface area contributed by atoms with Crippen molar-refractivity contribution in [3.63, 3.8) is 0 Å². The zero-order chi connectivity index (χ0) is 12.5. The molecule has 94 valence electrons. The van der Waals surface area contributed by atoms with Crippen LogP contribution >= 0.6 is 0 Å². The van der Waals surface area contributed by atoms with Crippen molar-refractivity contribution in [2.24, 2.45) is 0 Å². The Morgan fingerprint density at radius 1 is 1.41 bits per heavy atom. The monoisotopic (exact) mass is 233 g/mol. The highest BCUT2D eigenvalue weighted by atomic mass is 15.2. The quantitative estimate of drug-likeness (QED) is 0.700. The van der Waals surface area contributed by atoms with E-state index in [1.807, 2.05) is 12.3 Å². The van der Waals surface area contributed by atoms with Gasteiger partial charge in [0.15, 0.2) is 0 Å². The van der Waals surface area contributed by atoms with Gasteiger partial charge >= 0.3 is 0 Å². The van der Waals surface area contributed by atoms with Gasteiger partial charge in [0.1, 0.15) is 5.82 Å². The number of anilines is 1. The highest BCUT2D eigenvalue weighted by Crippen LogP contribution is 2.11.